The van der Waals surface area contributed by atoms with Gasteiger partial charge in [0, 0.05) is 67.3 Å². The van der Waals surface area contributed by atoms with Gasteiger partial charge in [-0.05, 0) is 65.4 Å². The van der Waals surface area contributed by atoms with Crippen LogP contribution in [0.2, 0.25) is 0 Å². The van der Waals surface area contributed by atoms with E-state index in [0.29, 0.717) is 0 Å². The van der Waals surface area contributed by atoms with Gasteiger partial charge < -0.3 is 9.13 Å². The van der Waals surface area contributed by atoms with Gasteiger partial charge in [-0.3, -0.25) is 9.55 Å². The van der Waals surface area contributed by atoms with Crippen LogP contribution in [0.3, 0.4) is 0 Å². The highest BCUT2D eigenvalue weighted by molar-refractivity contribution is 6.25. The zero-order valence-electron chi connectivity index (χ0n) is 29.6. The largest absolute Gasteiger partial charge is 0.307 e. The Kier molecular flexibility index (Phi) is 6.27. The molecule has 55 heavy (non-hydrogen) atoms. The molecular formula is C50H31N5. The Morgan fingerprint density at radius 2 is 0.855 bits per heavy atom. The lowest BCUT2D eigenvalue weighted by Gasteiger charge is -2.16. The van der Waals surface area contributed by atoms with Crippen LogP contribution in [0.25, 0.3) is 105 Å². The second-order valence-electron chi connectivity index (χ2n) is 14.2. The van der Waals surface area contributed by atoms with Crippen molar-refractivity contribution >= 4 is 76.2 Å². The van der Waals surface area contributed by atoms with Gasteiger partial charge in [-0.1, -0.05) is 121 Å². The lowest BCUT2D eigenvalue weighted by Crippen LogP contribution is -2.02. The minimum absolute atomic E-state index is 0.857. The summed E-state index contributed by atoms with van der Waals surface area (Å²) >= 11 is 0. The van der Waals surface area contributed by atoms with Crippen LogP contribution in [0.4, 0.5) is 0 Å². The molecule has 0 unspecified atom stereocenters. The minimum Gasteiger partial charge on any atom is -0.307 e. The number of imidazole rings is 1. The molecule has 0 aliphatic rings. The molecule has 4 heterocycles. The van der Waals surface area contributed by atoms with Crippen LogP contribution in [0.1, 0.15) is 0 Å². The minimum atomic E-state index is 0.857. The summed E-state index contributed by atoms with van der Waals surface area (Å²) in [7, 11) is 0. The third kappa shape index (κ3) is 4.23. The maximum Gasteiger partial charge on any atom is 0.147 e. The summed E-state index contributed by atoms with van der Waals surface area (Å²) in [5, 5.41) is 9.60. The molecule has 8 aromatic carbocycles. The summed E-state index contributed by atoms with van der Waals surface area (Å²) < 4.78 is 7.24. The van der Waals surface area contributed by atoms with Gasteiger partial charge >= 0.3 is 0 Å². The van der Waals surface area contributed by atoms with E-state index in [2.05, 4.69) is 189 Å². The molecule has 0 spiro atoms. The topological polar surface area (TPSA) is 40.6 Å². The Bertz CT molecular complexity index is 3480. The number of benzene rings is 8. The van der Waals surface area contributed by atoms with E-state index < -0.39 is 0 Å². The van der Waals surface area contributed by atoms with Crippen molar-refractivity contribution in [1.82, 2.24) is 23.7 Å². The first-order chi connectivity index (χ1) is 27.3. The summed E-state index contributed by atoms with van der Waals surface area (Å²) in [4.78, 5) is 9.99. The van der Waals surface area contributed by atoms with E-state index in [9.17, 15) is 0 Å². The van der Waals surface area contributed by atoms with Crippen molar-refractivity contribution in [2.75, 3.05) is 0 Å². The summed E-state index contributed by atoms with van der Waals surface area (Å²) in [6, 6.07) is 63.3. The zero-order valence-corrected chi connectivity index (χ0v) is 29.6. The molecule has 0 saturated carbocycles. The third-order valence-corrected chi connectivity index (χ3v) is 11.3. The fourth-order valence-electron chi connectivity index (χ4n) is 9.03. The van der Waals surface area contributed by atoms with E-state index >= 15 is 0 Å². The van der Waals surface area contributed by atoms with Crippen LogP contribution < -0.4 is 0 Å². The highest BCUT2D eigenvalue weighted by atomic mass is 15.1. The number of pyridine rings is 1. The van der Waals surface area contributed by atoms with Crippen molar-refractivity contribution in [2.24, 2.45) is 0 Å². The molecule has 5 heteroatoms. The Balaban J connectivity index is 1.22. The molecule has 0 fully saturated rings. The van der Waals surface area contributed by atoms with Gasteiger partial charge in [0.1, 0.15) is 5.82 Å². The van der Waals surface area contributed by atoms with Crippen molar-refractivity contribution in [3.05, 3.63) is 188 Å². The van der Waals surface area contributed by atoms with Crippen molar-refractivity contribution < 1.29 is 0 Å². The van der Waals surface area contributed by atoms with Gasteiger partial charge in [0.15, 0.2) is 0 Å². The van der Waals surface area contributed by atoms with Crippen molar-refractivity contribution in [3.8, 4) is 28.5 Å². The van der Waals surface area contributed by atoms with Crippen LogP contribution in [0.15, 0.2) is 188 Å². The van der Waals surface area contributed by atoms with Crippen LogP contribution in [0.5, 0.6) is 0 Å². The molecule has 12 rings (SSSR count). The first kappa shape index (κ1) is 30.0. The normalized spacial score (nSPS) is 12.0. The van der Waals surface area contributed by atoms with E-state index in [1.165, 1.54) is 48.9 Å². The number of hydrogen-bond donors (Lipinski definition) is 0. The average Bonchev–Trinajstić information content (AvgIpc) is 3.93. The van der Waals surface area contributed by atoms with E-state index in [4.69, 9.17) is 4.98 Å². The molecule has 0 aliphatic heterocycles. The molecule has 12 aromatic rings. The number of rotatable bonds is 4. The van der Waals surface area contributed by atoms with E-state index in [-0.39, 0.29) is 0 Å². The number of para-hydroxylation sites is 3. The van der Waals surface area contributed by atoms with E-state index in [1.54, 1.807) is 0 Å². The van der Waals surface area contributed by atoms with Gasteiger partial charge in [-0.25, -0.2) is 4.98 Å². The molecule has 0 bridgehead atoms. The molecule has 4 aromatic heterocycles. The Morgan fingerprint density at radius 1 is 0.345 bits per heavy atom. The predicted molar refractivity (Wildman–Crippen MR) is 228 cm³/mol. The maximum absolute atomic E-state index is 5.45. The molecule has 0 atom stereocenters. The summed E-state index contributed by atoms with van der Waals surface area (Å²) in [5.41, 5.74) is 11.0. The zero-order chi connectivity index (χ0) is 36.0. The fourth-order valence-corrected chi connectivity index (χ4v) is 9.03. The summed E-state index contributed by atoms with van der Waals surface area (Å²) in [5.74, 6) is 0.857. The van der Waals surface area contributed by atoms with Crippen LogP contribution in [-0.4, -0.2) is 23.7 Å². The molecular weight excluding hydrogens is 671 g/mol. The number of hydrogen-bond acceptors (Lipinski definition) is 2. The first-order valence-electron chi connectivity index (χ1n) is 18.7. The highest BCUT2D eigenvalue weighted by Crippen LogP contribution is 2.43. The molecule has 0 saturated heterocycles. The van der Waals surface area contributed by atoms with Gasteiger partial charge in [0.25, 0.3) is 0 Å². The monoisotopic (exact) mass is 701 g/mol. The summed E-state index contributed by atoms with van der Waals surface area (Å²) in [6.07, 6.45) is 3.73. The Hall–Kier alpha value is -7.50. The average molecular weight is 702 g/mol. The van der Waals surface area contributed by atoms with Crippen LogP contribution >= 0.6 is 0 Å². The Labute approximate surface area is 315 Å². The molecule has 0 N–H and O–H groups in total. The number of aromatic nitrogens is 5. The third-order valence-electron chi connectivity index (χ3n) is 11.3. The van der Waals surface area contributed by atoms with Gasteiger partial charge in [0.05, 0.1) is 33.1 Å². The number of nitrogens with zero attached hydrogens (tertiary/aromatic N) is 5. The van der Waals surface area contributed by atoms with Crippen LogP contribution in [-0.2, 0) is 0 Å². The van der Waals surface area contributed by atoms with Gasteiger partial charge in [0.2, 0.25) is 0 Å². The van der Waals surface area contributed by atoms with Crippen molar-refractivity contribution in [1.29, 1.82) is 0 Å². The number of fused-ring (bicyclic) bond motifs is 13. The SMILES string of the molecule is c1ccc(-n2c3ccccc3c3ccc4c5ccccc5n(-c5cccc(-n6c(-c7cccnc7)nc7c8ccccc8c8ccccc8c76)c5)c4c32)cc1. The molecule has 0 amide bonds. The van der Waals surface area contributed by atoms with Gasteiger partial charge in [-0.15, -0.1) is 0 Å². The smallest absolute Gasteiger partial charge is 0.147 e. The quantitative estimate of drug-likeness (QED) is 0.171. The maximum atomic E-state index is 5.45. The second-order valence-corrected chi connectivity index (χ2v) is 14.2. The lowest BCUT2D eigenvalue weighted by molar-refractivity contribution is 1.08. The summed E-state index contributed by atoms with van der Waals surface area (Å²) in [6.45, 7) is 0. The highest BCUT2D eigenvalue weighted by Gasteiger charge is 2.23. The second kappa shape index (κ2) is 11.5. The molecule has 0 radical (unpaired) electrons. The Morgan fingerprint density at radius 3 is 1.51 bits per heavy atom. The standard InChI is InChI=1S/C50H31N5/c1-2-15-33(16-3-1)53-44-25-10-8-21-38(44)42-27-28-43-39-22-9-11-26-45(39)54(49(43)48(42)53)34-17-12-18-35(30-34)55-47-41-24-7-5-20-37(41)36-19-4-6-23-40(36)46(47)52-50(55)32-14-13-29-51-31-32/h1-31H. The van der Waals surface area contributed by atoms with Crippen molar-refractivity contribution in [2.45, 2.75) is 0 Å². The van der Waals surface area contributed by atoms with E-state index in [0.717, 1.165) is 55.8 Å². The van der Waals surface area contributed by atoms with Crippen LogP contribution in [0, 0.1) is 0 Å². The lowest BCUT2D eigenvalue weighted by atomic mass is 10.00. The fraction of sp³-hybridized carbons (Fsp3) is 0. The van der Waals surface area contributed by atoms with E-state index in [1.807, 2.05) is 18.5 Å². The molecule has 5 nitrogen and oxygen atoms in total. The molecule has 256 valence electrons. The molecule has 0 aliphatic carbocycles. The van der Waals surface area contributed by atoms with Gasteiger partial charge in [-0.2, -0.15) is 0 Å². The predicted octanol–water partition coefficient (Wildman–Crippen LogP) is 12.6. The van der Waals surface area contributed by atoms with Crippen molar-refractivity contribution in [3.63, 3.8) is 0 Å². The first-order valence-corrected chi connectivity index (χ1v) is 18.7.